The molecule has 1 fully saturated rings. The number of methoxy groups -OCH3 is 1. The smallest absolute Gasteiger partial charge is 0.333 e. The Hall–Kier alpha value is -2.55. The normalized spacial score (nSPS) is 14.8. The van der Waals surface area contributed by atoms with Crippen LogP contribution in [0.4, 0.5) is 0 Å². The number of benzene rings is 2. The second-order valence-corrected chi connectivity index (χ2v) is 6.11. The average molecular weight is 322 g/mol. The fourth-order valence-electron chi connectivity index (χ4n) is 2.89. The summed E-state index contributed by atoms with van der Waals surface area (Å²) in [5.41, 5.74) is 3.96. The van der Waals surface area contributed by atoms with Crippen molar-refractivity contribution in [3.8, 4) is 5.75 Å². The van der Waals surface area contributed by atoms with Crippen molar-refractivity contribution in [2.45, 2.75) is 26.4 Å². The molecule has 0 bridgehead atoms. The first-order chi connectivity index (χ1) is 11.7. The van der Waals surface area contributed by atoms with Crippen LogP contribution in [0.1, 0.15) is 30.9 Å². The Morgan fingerprint density at radius 2 is 1.83 bits per heavy atom. The highest BCUT2D eigenvalue weighted by molar-refractivity contribution is 5.98. The molecule has 0 spiro atoms. The third-order valence-corrected chi connectivity index (χ3v) is 4.27. The van der Waals surface area contributed by atoms with Crippen LogP contribution in [0.25, 0.3) is 5.57 Å². The van der Waals surface area contributed by atoms with Gasteiger partial charge in [0.2, 0.25) is 0 Å². The van der Waals surface area contributed by atoms with Gasteiger partial charge in [-0.15, -0.1) is 0 Å². The molecule has 0 atom stereocenters. The Morgan fingerprint density at radius 1 is 1.08 bits per heavy atom. The average Bonchev–Trinajstić information content (AvgIpc) is 3.45. The van der Waals surface area contributed by atoms with Gasteiger partial charge in [-0.25, -0.2) is 4.79 Å². The van der Waals surface area contributed by atoms with Gasteiger partial charge in [-0.1, -0.05) is 42.5 Å². The fourth-order valence-corrected chi connectivity index (χ4v) is 2.89. The van der Waals surface area contributed by atoms with E-state index < -0.39 is 0 Å². The van der Waals surface area contributed by atoms with Gasteiger partial charge in [0.15, 0.2) is 0 Å². The Kier molecular flexibility index (Phi) is 4.99. The molecular formula is C21H22O3. The summed E-state index contributed by atoms with van der Waals surface area (Å²) in [5, 5.41) is 0. The third-order valence-electron chi connectivity index (χ3n) is 4.27. The number of allylic oxidation sites excluding steroid dienone is 1. The van der Waals surface area contributed by atoms with Crippen LogP contribution in [0.5, 0.6) is 5.75 Å². The van der Waals surface area contributed by atoms with E-state index in [1.807, 2.05) is 61.5 Å². The highest BCUT2D eigenvalue weighted by Crippen LogP contribution is 2.44. The molecule has 1 saturated carbocycles. The minimum absolute atomic E-state index is 0.257. The summed E-state index contributed by atoms with van der Waals surface area (Å²) in [4.78, 5) is 11.9. The van der Waals surface area contributed by atoms with E-state index in [2.05, 4.69) is 0 Å². The van der Waals surface area contributed by atoms with Crippen molar-refractivity contribution >= 4 is 11.5 Å². The van der Waals surface area contributed by atoms with E-state index >= 15 is 0 Å². The van der Waals surface area contributed by atoms with Crippen LogP contribution in [0.3, 0.4) is 0 Å². The molecule has 124 valence electrons. The van der Waals surface area contributed by atoms with Gasteiger partial charge in [-0.2, -0.15) is 0 Å². The predicted octanol–water partition coefficient (Wildman–Crippen LogP) is 4.62. The Bertz CT molecular complexity index is 743. The third kappa shape index (κ3) is 3.85. The van der Waals surface area contributed by atoms with E-state index in [0.717, 1.165) is 35.3 Å². The number of esters is 1. The maximum Gasteiger partial charge on any atom is 0.333 e. The molecular weight excluding hydrogens is 300 g/mol. The molecule has 2 aromatic rings. The lowest BCUT2D eigenvalue weighted by molar-refractivity contribution is -0.135. The number of rotatable bonds is 6. The Balaban J connectivity index is 1.82. The molecule has 1 aliphatic rings. The molecule has 0 radical (unpaired) electrons. The molecule has 0 amide bonds. The van der Waals surface area contributed by atoms with E-state index in [9.17, 15) is 4.79 Å². The topological polar surface area (TPSA) is 35.5 Å². The Labute approximate surface area is 142 Å². The lowest BCUT2D eigenvalue weighted by Crippen LogP contribution is -2.06. The van der Waals surface area contributed by atoms with E-state index in [1.165, 1.54) is 7.11 Å². The van der Waals surface area contributed by atoms with Crippen LogP contribution in [-0.4, -0.2) is 13.1 Å². The van der Waals surface area contributed by atoms with Gasteiger partial charge in [-0.05, 0) is 54.5 Å². The fraction of sp³-hybridized carbons (Fsp3) is 0.286. The molecule has 0 aliphatic heterocycles. The Morgan fingerprint density at radius 3 is 2.50 bits per heavy atom. The number of carbonyl (C=O) groups excluding carboxylic acids is 1. The highest BCUT2D eigenvalue weighted by Gasteiger charge is 2.30. The lowest BCUT2D eigenvalue weighted by Gasteiger charge is -2.13. The first kappa shape index (κ1) is 16.3. The van der Waals surface area contributed by atoms with Crippen molar-refractivity contribution in [3.05, 3.63) is 71.3 Å². The van der Waals surface area contributed by atoms with Gasteiger partial charge >= 0.3 is 5.97 Å². The largest absolute Gasteiger partial charge is 0.489 e. The number of ether oxygens (including phenoxy) is 2. The van der Waals surface area contributed by atoms with Crippen molar-refractivity contribution in [1.29, 1.82) is 0 Å². The summed E-state index contributed by atoms with van der Waals surface area (Å²) in [5.74, 6) is 1.01. The summed E-state index contributed by atoms with van der Waals surface area (Å²) in [6.45, 7) is 2.37. The molecule has 1 aliphatic carbocycles. The summed E-state index contributed by atoms with van der Waals surface area (Å²) in [7, 11) is 1.43. The second-order valence-electron chi connectivity index (χ2n) is 6.11. The van der Waals surface area contributed by atoms with Crippen LogP contribution < -0.4 is 4.74 Å². The lowest BCUT2D eigenvalue weighted by atomic mass is 9.96. The van der Waals surface area contributed by atoms with Crippen molar-refractivity contribution in [2.75, 3.05) is 7.11 Å². The number of carbonyl (C=O) groups is 1. The van der Waals surface area contributed by atoms with Crippen molar-refractivity contribution in [1.82, 2.24) is 0 Å². The molecule has 0 heterocycles. The van der Waals surface area contributed by atoms with Crippen LogP contribution in [0, 0.1) is 5.92 Å². The van der Waals surface area contributed by atoms with E-state index in [4.69, 9.17) is 9.47 Å². The van der Waals surface area contributed by atoms with Gasteiger partial charge in [0.25, 0.3) is 0 Å². The maximum absolute atomic E-state index is 11.9. The van der Waals surface area contributed by atoms with Crippen molar-refractivity contribution < 1.29 is 14.3 Å². The van der Waals surface area contributed by atoms with Crippen LogP contribution in [-0.2, 0) is 16.1 Å². The molecule has 3 nitrogen and oxygen atoms in total. The zero-order valence-electron chi connectivity index (χ0n) is 14.1. The summed E-state index contributed by atoms with van der Waals surface area (Å²) >= 11 is 0. The highest BCUT2D eigenvalue weighted by atomic mass is 16.5. The van der Waals surface area contributed by atoms with Gasteiger partial charge in [0, 0.05) is 5.57 Å². The molecule has 0 N–H and O–H groups in total. The van der Waals surface area contributed by atoms with Gasteiger partial charge in [0.05, 0.1) is 7.11 Å². The minimum atomic E-state index is -0.257. The van der Waals surface area contributed by atoms with Crippen LogP contribution in [0.15, 0.2) is 60.2 Å². The number of hydrogen-bond acceptors (Lipinski definition) is 3. The first-order valence-corrected chi connectivity index (χ1v) is 8.25. The standard InChI is InChI=1S/C21H22O3/c1-15(21(22)23-2)20(17-11-12-17)18-9-6-10-19(13-18)24-14-16-7-4-3-5-8-16/h3-10,13,17H,11-12,14H2,1-2H3/b20-15+. The van der Waals surface area contributed by atoms with E-state index in [1.54, 1.807) is 0 Å². The van der Waals surface area contributed by atoms with Crippen molar-refractivity contribution in [3.63, 3.8) is 0 Å². The van der Waals surface area contributed by atoms with E-state index in [-0.39, 0.29) is 5.97 Å². The molecule has 0 aromatic heterocycles. The molecule has 24 heavy (non-hydrogen) atoms. The van der Waals surface area contributed by atoms with Gasteiger partial charge < -0.3 is 9.47 Å². The van der Waals surface area contributed by atoms with Crippen LogP contribution in [0.2, 0.25) is 0 Å². The molecule has 3 heteroatoms. The maximum atomic E-state index is 11.9. The number of hydrogen-bond donors (Lipinski definition) is 0. The van der Waals surface area contributed by atoms with Gasteiger partial charge in [-0.3, -0.25) is 0 Å². The van der Waals surface area contributed by atoms with Gasteiger partial charge in [0.1, 0.15) is 12.4 Å². The minimum Gasteiger partial charge on any atom is -0.489 e. The van der Waals surface area contributed by atoms with Crippen molar-refractivity contribution in [2.24, 2.45) is 5.92 Å². The molecule has 0 saturated heterocycles. The first-order valence-electron chi connectivity index (χ1n) is 8.25. The molecule has 3 rings (SSSR count). The molecule has 0 unspecified atom stereocenters. The zero-order chi connectivity index (χ0) is 16.9. The predicted molar refractivity (Wildman–Crippen MR) is 94.6 cm³/mol. The second kappa shape index (κ2) is 7.35. The monoisotopic (exact) mass is 322 g/mol. The summed E-state index contributed by atoms with van der Waals surface area (Å²) in [6, 6.07) is 18.1. The summed E-state index contributed by atoms with van der Waals surface area (Å²) < 4.78 is 10.8. The SMILES string of the molecule is COC(=O)/C(C)=C(/c1cccc(OCc2ccccc2)c1)C1CC1. The van der Waals surface area contributed by atoms with Crippen LogP contribution >= 0.6 is 0 Å². The summed E-state index contributed by atoms with van der Waals surface area (Å²) in [6.07, 6.45) is 2.25. The molecule has 2 aromatic carbocycles. The van der Waals surface area contributed by atoms with E-state index in [0.29, 0.717) is 18.1 Å². The zero-order valence-corrected chi connectivity index (χ0v) is 14.1. The quantitative estimate of drug-likeness (QED) is 0.575.